The number of aromatic nitrogens is 1. The van der Waals surface area contributed by atoms with E-state index in [1.54, 1.807) is 0 Å². The largest absolute Gasteiger partial charge is 0.310 e. The molecular formula is C54H36N2S. The summed E-state index contributed by atoms with van der Waals surface area (Å²) in [5.74, 6) is 0. The van der Waals surface area contributed by atoms with Crippen molar-refractivity contribution in [2.75, 3.05) is 4.90 Å². The van der Waals surface area contributed by atoms with Gasteiger partial charge < -0.3 is 9.47 Å². The highest BCUT2D eigenvalue weighted by molar-refractivity contribution is 7.25. The van der Waals surface area contributed by atoms with Gasteiger partial charge in [-0.3, -0.25) is 0 Å². The first kappa shape index (κ1) is 33.2. The van der Waals surface area contributed by atoms with E-state index in [1.165, 1.54) is 75.4 Å². The number of hydrogen-bond acceptors (Lipinski definition) is 2. The van der Waals surface area contributed by atoms with Crippen LogP contribution in [0.25, 0.3) is 81.0 Å². The highest BCUT2D eigenvalue weighted by atomic mass is 32.1. The molecule has 2 heterocycles. The first-order valence-electron chi connectivity index (χ1n) is 19.4. The van der Waals surface area contributed by atoms with E-state index in [0.717, 1.165) is 22.7 Å². The number of para-hydroxylation sites is 2. The van der Waals surface area contributed by atoms with Gasteiger partial charge in [-0.05, 0) is 100 Å². The van der Waals surface area contributed by atoms with Crippen molar-refractivity contribution in [2.24, 2.45) is 0 Å². The van der Waals surface area contributed by atoms with Crippen LogP contribution in [0.4, 0.5) is 17.1 Å². The van der Waals surface area contributed by atoms with Gasteiger partial charge in [-0.15, -0.1) is 11.3 Å². The molecule has 0 aliphatic heterocycles. The lowest BCUT2D eigenvalue weighted by Gasteiger charge is -2.27. The lowest BCUT2D eigenvalue weighted by molar-refractivity contribution is 1.18. The van der Waals surface area contributed by atoms with Crippen LogP contribution in [0, 0.1) is 0 Å². The SMILES string of the molecule is c1ccc(-c2ccc(N(c3ccc(-c4cccc(-n5c6ccccc6c6ccccc65)c4)c(-c4ccccc4)c3)c3ccc4c(c3)sc3ccccc34)cc2)cc1. The Morgan fingerprint density at radius 3 is 1.60 bits per heavy atom. The summed E-state index contributed by atoms with van der Waals surface area (Å²) in [7, 11) is 0. The molecule has 0 saturated heterocycles. The predicted octanol–water partition coefficient (Wildman–Crippen LogP) is 15.6. The molecule has 0 radical (unpaired) electrons. The fourth-order valence-electron chi connectivity index (χ4n) is 8.53. The molecule has 0 saturated carbocycles. The second-order valence-electron chi connectivity index (χ2n) is 14.5. The van der Waals surface area contributed by atoms with Crippen LogP contribution in [0.1, 0.15) is 0 Å². The number of fused-ring (bicyclic) bond motifs is 6. The second kappa shape index (κ2) is 13.8. The van der Waals surface area contributed by atoms with E-state index in [0.29, 0.717) is 0 Å². The fourth-order valence-corrected chi connectivity index (χ4v) is 9.67. The molecule has 2 aromatic heterocycles. The van der Waals surface area contributed by atoms with Gasteiger partial charge in [-0.2, -0.15) is 0 Å². The molecule has 0 spiro atoms. The van der Waals surface area contributed by atoms with Crippen molar-refractivity contribution in [3.63, 3.8) is 0 Å². The lowest BCUT2D eigenvalue weighted by Crippen LogP contribution is -2.10. The van der Waals surface area contributed by atoms with Crippen molar-refractivity contribution < 1.29 is 0 Å². The van der Waals surface area contributed by atoms with Gasteiger partial charge in [0.1, 0.15) is 0 Å². The average molecular weight is 745 g/mol. The summed E-state index contributed by atoms with van der Waals surface area (Å²) >= 11 is 1.86. The second-order valence-corrected chi connectivity index (χ2v) is 15.6. The molecule has 0 N–H and O–H groups in total. The Hall–Kier alpha value is -7.20. The summed E-state index contributed by atoms with van der Waals surface area (Å²) in [6.45, 7) is 0. The Labute approximate surface area is 335 Å². The highest BCUT2D eigenvalue weighted by Gasteiger charge is 2.19. The van der Waals surface area contributed by atoms with E-state index in [2.05, 4.69) is 228 Å². The topological polar surface area (TPSA) is 8.17 Å². The third kappa shape index (κ3) is 5.80. The molecule has 0 amide bonds. The molecule has 11 aromatic rings. The maximum absolute atomic E-state index is 2.41. The van der Waals surface area contributed by atoms with Crippen LogP contribution in [-0.4, -0.2) is 4.57 Å². The molecule has 57 heavy (non-hydrogen) atoms. The van der Waals surface area contributed by atoms with Crippen molar-refractivity contribution in [1.29, 1.82) is 0 Å². The first-order valence-corrected chi connectivity index (χ1v) is 20.2. The van der Waals surface area contributed by atoms with Crippen molar-refractivity contribution in [2.45, 2.75) is 0 Å². The number of anilines is 3. The van der Waals surface area contributed by atoms with Crippen molar-refractivity contribution >= 4 is 70.4 Å². The van der Waals surface area contributed by atoms with Crippen LogP contribution in [0.3, 0.4) is 0 Å². The zero-order chi connectivity index (χ0) is 37.7. The first-order chi connectivity index (χ1) is 28.3. The molecule has 9 aromatic carbocycles. The summed E-state index contributed by atoms with van der Waals surface area (Å²) in [4.78, 5) is 2.41. The number of thiophene rings is 1. The molecule has 0 unspecified atom stereocenters. The third-order valence-corrected chi connectivity index (χ3v) is 12.3. The zero-order valence-electron chi connectivity index (χ0n) is 31.1. The Bertz CT molecular complexity index is 3180. The fraction of sp³-hybridized carbons (Fsp3) is 0. The van der Waals surface area contributed by atoms with E-state index < -0.39 is 0 Å². The van der Waals surface area contributed by atoms with Gasteiger partial charge in [0.05, 0.1) is 11.0 Å². The molecule has 11 rings (SSSR count). The summed E-state index contributed by atoms with van der Waals surface area (Å²) in [6.07, 6.45) is 0. The van der Waals surface area contributed by atoms with Crippen LogP contribution in [0.2, 0.25) is 0 Å². The van der Waals surface area contributed by atoms with Gasteiger partial charge in [0.15, 0.2) is 0 Å². The van der Waals surface area contributed by atoms with Crippen LogP contribution in [0.5, 0.6) is 0 Å². The number of nitrogens with zero attached hydrogens (tertiary/aromatic N) is 2. The summed E-state index contributed by atoms with van der Waals surface area (Å²) in [5, 5.41) is 5.13. The van der Waals surface area contributed by atoms with Crippen molar-refractivity contribution in [3.05, 3.63) is 218 Å². The maximum Gasteiger partial charge on any atom is 0.0541 e. The molecule has 268 valence electrons. The molecular weight excluding hydrogens is 709 g/mol. The number of benzene rings is 9. The maximum atomic E-state index is 2.41. The molecule has 0 bridgehead atoms. The third-order valence-electron chi connectivity index (χ3n) is 11.2. The quantitative estimate of drug-likeness (QED) is 0.158. The van der Waals surface area contributed by atoms with Crippen LogP contribution >= 0.6 is 11.3 Å². The smallest absolute Gasteiger partial charge is 0.0541 e. The van der Waals surface area contributed by atoms with E-state index in [4.69, 9.17) is 0 Å². The van der Waals surface area contributed by atoms with Crippen LogP contribution < -0.4 is 4.90 Å². The molecule has 2 nitrogen and oxygen atoms in total. The summed E-state index contributed by atoms with van der Waals surface area (Å²) < 4.78 is 4.99. The number of rotatable bonds is 7. The Morgan fingerprint density at radius 2 is 0.860 bits per heavy atom. The van der Waals surface area contributed by atoms with E-state index in [9.17, 15) is 0 Å². The average Bonchev–Trinajstić information content (AvgIpc) is 3.83. The van der Waals surface area contributed by atoms with Crippen LogP contribution in [-0.2, 0) is 0 Å². The molecule has 0 atom stereocenters. The zero-order valence-corrected chi connectivity index (χ0v) is 31.9. The van der Waals surface area contributed by atoms with Gasteiger partial charge in [-0.25, -0.2) is 0 Å². The van der Waals surface area contributed by atoms with Gasteiger partial charge in [0, 0.05) is 53.7 Å². The standard InChI is InChI=1S/C54H36N2S/c1-3-14-37(15-4-1)38-26-28-41(29-27-38)55(44-31-33-49-48-22-9-12-25-53(48)57-54(49)36-44)43-30-32-45(50(35-43)39-16-5-2-6-17-39)40-18-13-19-42(34-40)56-51-23-10-7-20-46(51)47-21-8-11-24-52(47)56/h1-36H. The summed E-state index contributed by atoms with van der Waals surface area (Å²) in [5.41, 5.74) is 14.0. The lowest BCUT2D eigenvalue weighted by atomic mass is 9.93. The minimum Gasteiger partial charge on any atom is -0.310 e. The summed E-state index contributed by atoms with van der Waals surface area (Å²) in [6, 6.07) is 79.4. The van der Waals surface area contributed by atoms with Gasteiger partial charge in [0.25, 0.3) is 0 Å². The van der Waals surface area contributed by atoms with E-state index in [-0.39, 0.29) is 0 Å². The molecule has 3 heteroatoms. The monoisotopic (exact) mass is 744 g/mol. The molecule has 0 fully saturated rings. The van der Waals surface area contributed by atoms with Gasteiger partial charge >= 0.3 is 0 Å². The minimum absolute atomic E-state index is 1.10. The van der Waals surface area contributed by atoms with E-state index >= 15 is 0 Å². The normalized spacial score (nSPS) is 11.5. The number of hydrogen-bond donors (Lipinski definition) is 0. The Balaban J connectivity index is 1.09. The molecule has 0 aliphatic carbocycles. The Kier molecular flexibility index (Phi) is 8.04. The Morgan fingerprint density at radius 1 is 0.316 bits per heavy atom. The minimum atomic E-state index is 1.10. The van der Waals surface area contributed by atoms with Gasteiger partial charge in [-0.1, -0.05) is 152 Å². The van der Waals surface area contributed by atoms with Crippen molar-refractivity contribution in [1.82, 2.24) is 4.57 Å². The predicted molar refractivity (Wildman–Crippen MR) is 245 cm³/mol. The highest BCUT2D eigenvalue weighted by Crippen LogP contribution is 2.44. The van der Waals surface area contributed by atoms with E-state index in [1.807, 2.05) is 11.3 Å². The van der Waals surface area contributed by atoms with Crippen LogP contribution in [0.15, 0.2) is 218 Å². The van der Waals surface area contributed by atoms with Crippen molar-refractivity contribution in [3.8, 4) is 39.1 Å². The van der Waals surface area contributed by atoms with Gasteiger partial charge in [0.2, 0.25) is 0 Å². The molecule has 0 aliphatic rings.